The van der Waals surface area contributed by atoms with Crippen LogP contribution in [0.4, 0.5) is 0 Å². The van der Waals surface area contributed by atoms with E-state index in [4.69, 9.17) is 14.2 Å². The first-order chi connectivity index (χ1) is 11.7. The van der Waals surface area contributed by atoms with Crippen molar-refractivity contribution < 1.29 is 19.0 Å². The maximum absolute atomic E-state index is 12.4. The number of fused-ring (bicyclic) bond motifs is 1. The van der Waals surface area contributed by atoms with Crippen molar-refractivity contribution in [2.24, 2.45) is 17.8 Å². The van der Waals surface area contributed by atoms with Gasteiger partial charge in [-0.2, -0.15) is 0 Å². The summed E-state index contributed by atoms with van der Waals surface area (Å²) < 4.78 is 16.7. The van der Waals surface area contributed by atoms with Gasteiger partial charge in [-0.3, -0.25) is 4.79 Å². The summed E-state index contributed by atoms with van der Waals surface area (Å²) >= 11 is 0. The molecule has 0 saturated heterocycles. The Morgan fingerprint density at radius 1 is 1.12 bits per heavy atom. The standard InChI is InChI=1S/C20H24O4/c1-22-13-16-9-8-15-4-3-5-18(21)19(15)20(16)24-12-14-6-10-17(23-2)11-7-14/h3,5-11,15-16,19-20H,4,12-13H2,1-2H3/t15-,16+,19+,20+/m0/s1. The second-order valence-electron chi connectivity index (χ2n) is 6.36. The van der Waals surface area contributed by atoms with Crippen LogP contribution in [-0.2, 0) is 20.9 Å². The molecule has 4 heteroatoms. The molecule has 3 rings (SSSR count). The molecule has 0 N–H and O–H groups in total. The van der Waals surface area contributed by atoms with Crippen molar-refractivity contribution in [3.05, 3.63) is 54.1 Å². The fraction of sp³-hybridized carbons (Fsp3) is 0.450. The largest absolute Gasteiger partial charge is 0.497 e. The lowest BCUT2D eigenvalue weighted by molar-refractivity contribution is -0.131. The number of hydrogen-bond acceptors (Lipinski definition) is 4. The highest BCUT2D eigenvalue weighted by atomic mass is 16.5. The number of carbonyl (C=O) groups is 1. The van der Waals surface area contributed by atoms with Crippen molar-refractivity contribution >= 4 is 5.78 Å². The molecular weight excluding hydrogens is 304 g/mol. The molecule has 1 aromatic carbocycles. The minimum absolute atomic E-state index is 0.102. The second-order valence-corrected chi connectivity index (χ2v) is 6.36. The predicted octanol–water partition coefficient (Wildman–Crippen LogP) is 3.17. The van der Waals surface area contributed by atoms with Gasteiger partial charge in [0.2, 0.25) is 0 Å². The van der Waals surface area contributed by atoms with E-state index in [9.17, 15) is 4.79 Å². The summed E-state index contributed by atoms with van der Waals surface area (Å²) in [5.74, 6) is 1.21. The van der Waals surface area contributed by atoms with Gasteiger partial charge >= 0.3 is 0 Å². The molecule has 0 spiro atoms. The van der Waals surface area contributed by atoms with Crippen molar-refractivity contribution in [3.63, 3.8) is 0 Å². The molecule has 2 aliphatic rings. The summed E-state index contributed by atoms with van der Waals surface area (Å²) in [7, 11) is 3.33. The number of hydrogen-bond donors (Lipinski definition) is 0. The van der Waals surface area contributed by atoms with Gasteiger partial charge in [-0.1, -0.05) is 30.4 Å². The van der Waals surface area contributed by atoms with E-state index in [-0.39, 0.29) is 29.6 Å². The third kappa shape index (κ3) is 3.60. The average molecular weight is 328 g/mol. The van der Waals surface area contributed by atoms with Crippen molar-refractivity contribution in [3.8, 4) is 5.75 Å². The second kappa shape index (κ2) is 7.77. The molecule has 0 aliphatic heterocycles. The van der Waals surface area contributed by atoms with E-state index in [2.05, 4.69) is 12.2 Å². The molecule has 24 heavy (non-hydrogen) atoms. The molecule has 0 aromatic heterocycles. The Bertz CT molecular complexity index is 617. The molecule has 0 fully saturated rings. The Labute approximate surface area is 143 Å². The molecule has 0 radical (unpaired) electrons. The summed E-state index contributed by atoms with van der Waals surface area (Å²) in [6.45, 7) is 1.03. The first-order valence-electron chi connectivity index (χ1n) is 8.35. The van der Waals surface area contributed by atoms with Gasteiger partial charge in [-0.25, -0.2) is 0 Å². The van der Waals surface area contributed by atoms with Crippen LogP contribution >= 0.6 is 0 Å². The van der Waals surface area contributed by atoms with Crippen LogP contribution in [0.5, 0.6) is 5.75 Å². The SMILES string of the molecule is COC[C@H]1C=C[C@@H]2CC=CC(=O)[C@@H]2[C@@H]1OCc1ccc(OC)cc1. The molecule has 0 amide bonds. The minimum atomic E-state index is -0.153. The molecule has 0 heterocycles. The normalized spacial score (nSPS) is 28.7. The third-order valence-electron chi connectivity index (χ3n) is 4.82. The third-order valence-corrected chi connectivity index (χ3v) is 4.82. The molecule has 2 aliphatic carbocycles. The maximum Gasteiger partial charge on any atom is 0.161 e. The topological polar surface area (TPSA) is 44.8 Å². The van der Waals surface area contributed by atoms with E-state index in [1.54, 1.807) is 20.3 Å². The summed E-state index contributed by atoms with van der Waals surface area (Å²) in [6, 6.07) is 7.82. The Hall–Kier alpha value is -1.91. The van der Waals surface area contributed by atoms with Crippen LogP contribution in [-0.4, -0.2) is 32.7 Å². The van der Waals surface area contributed by atoms with E-state index in [1.165, 1.54) is 0 Å². The number of ether oxygens (including phenoxy) is 3. The number of methoxy groups -OCH3 is 2. The molecule has 4 atom stereocenters. The van der Waals surface area contributed by atoms with Gasteiger partial charge in [0.1, 0.15) is 5.75 Å². The zero-order valence-corrected chi connectivity index (χ0v) is 14.2. The zero-order chi connectivity index (χ0) is 16.9. The Morgan fingerprint density at radius 2 is 1.92 bits per heavy atom. The van der Waals surface area contributed by atoms with Gasteiger partial charge in [0.05, 0.1) is 32.3 Å². The van der Waals surface area contributed by atoms with Crippen molar-refractivity contribution in [2.45, 2.75) is 19.1 Å². The number of ketones is 1. The van der Waals surface area contributed by atoms with Crippen molar-refractivity contribution in [1.29, 1.82) is 0 Å². The van der Waals surface area contributed by atoms with Crippen LogP contribution < -0.4 is 4.74 Å². The van der Waals surface area contributed by atoms with Gasteiger partial charge in [0, 0.05) is 13.0 Å². The quantitative estimate of drug-likeness (QED) is 0.753. The molecule has 4 nitrogen and oxygen atoms in total. The van der Waals surface area contributed by atoms with E-state index in [0.29, 0.717) is 13.2 Å². The van der Waals surface area contributed by atoms with E-state index in [1.807, 2.05) is 30.3 Å². The molecule has 128 valence electrons. The molecule has 0 unspecified atom stereocenters. The van der Waals surface area contributed by atoms with Crippen molar-refractivity contribution in [2.75, 3.05) is 20.8 Å². The van der Waals surface area contributed by atoms with Crippen molar-refractivity contribution in [1.82, 2.24) is 0 Å². The Balaban J connectivity index is 1.74. The fourth-order valence-electron chi connectivity index (χ4n) is 3.56. The first kappa shape index (κ1) is 16.9. The average Bonchev–Trinajstić information content (AvgIpc) is 2.61. The number of allylic oxidation sites excluding steroid dienone is 3. The number of benzene rings is 1. The number of rotatable bonds is 6. The predicted molar refractivity (Wildman–Crippen MR) is 91.8 cm³/mol. The lowest BCUT2D eigenvalue weighted by Crippen LogP contribution is -2.44. The van der Waals surface area contributed by atoms with Gasteiger partial charge < -0.3 is 14.2 Å². The van der Waals surface area contributed by atoms with Crippen LogP contribution in [0, 0.1) is 17.8 Å². The van der Waals surface area contributed by atoms with Gasteiger partial charge in [0.25, 0.3) is 0 Å². The van der Waals surface area contributed by atoms with Gasteiger partial charge in [-0.05, 0) is 36.1 Å². The maximum atomic E-state index is 12.4. The monoisotopic (exact) mass is 328 g/mol. The molecule has 1 aromatic rings. The fourth-order valence-corrected chi connectivity index (χ4v) is 3.56. The lowest BCUT2D eigenvalue weighted by Gasteiger charge is -2.39. The van der Waals surface area contributed by atoms with Gasteiger partial charge in [-0.15, -0.1) is 0 Å². The van der Waals surface area contributed by atoms with E-state index < -0.39 is 0 Å². The smallest absolute Gasteiger partial charge is 0.161 e. The minimum Gasteiger partial charge on any atom is -0.497 e. The molecule has 0 bridgehead atoms. The van der Waals surface area contributed by atoms with Gasteiger partial charge in [0.15, 0.2) is 5.78 Å². The highest BCUT2D eigenvalue weighted by Gasteiger charge is 2.41. The summed E-state index contributed by atoms with van der Waals surface area (Å²) in [4.78, 5) is 12.4. The summed E-state index contributed by atoms with van der Waals surface area (Å²) in [6.07, 6.45) is 8.71. The Kier molecular flexibility index (Phi) is 5.48. The van der Waals surface area contributed by atoms with E-state index in [0.717, 1.165) is 17.7 Å². The van der Waals surface area contributed by atoms with E-state index >= 15 is 0 Å². The number of carbonyl (C=O) groups excluding carboxylic acids is 1. The zero-order valence-electron chi connectivity index (χ0n) is 14.2. The molecular formula is C20H24O4. The Morgan fingerprint density at radius 3 is 2.62 bits per heavy atom. The van der Waals surface area contributed by atoms with Crippen LogP contribution in [0.15, 0.2) is 48.6 Å². The van der Waals surface area contributed by atoms with Crippen LogP contribution in [0.3, 0.4) is 0 Å². The lowest BCUT2D eigenvalue weighted by atomic mass is 9.71. The summed E-state index contributed by atoms with van der Waals surface area (Å²) in [5.41, 5.74) is 1.07. The van der Waals surface area contributed by atoms with Crippen LogP contribution in [0.25, 0.3) is 0 Å². The molecule has 0 saturated carbocycles. The first-order valence-corrected chi connectivity index (χ1v) is 8.35. The summed E-state index contributed by atoms with van der Waals surface area (Å²) in [5, 5.41) is 0. The highest BCUT2D eigenvalue weighted by molar-refractivity contribution is 5.93. The van der Waals surface area contributed by atoms with Crippen LogP contribution in [0.1, 0.15) is 12.0 Å². The van der Waals surface area contributed by atoms with Crippen LogP contribution in [0.2, 0.25) is 0 Å². The highest BCUT2D eigenvalue weighted by Crippen LogP contribution is 2.37.